The maximum atomic E-state index is 11.6. The first-order chi connectivity index (χ1) is 13.3. The van der Waals surface area contributed by atoms with Gasteiger partial charge in [0.1, 0.15) is 10.8 Å². The molecule has 7 nitrogen and oxygen atoms in total. The lowest BCUT2D eigenvalue weighted by molar-refractivity contribution is 0.331. The maximum absolute atomic E-state index is 11.6. The minimum atomic E-state index is -3.13. The van der Waals surface area contributed by atoms with Gasteiger partial charge in [0.05, 0.1) is 12.5 Å². The largest absolute Gasteiger partial charge is 0.368 e. The lowest BCUT2D eigenvalue weighted by Gasteiger charge is -2.30. The maximum Gasteiger partial charge on any atom is 0.224 e. The highest BCUT2D eigenvalue weighted by molar-refractivity contribution is 7.88. The SMILES string of the molecule is CS(=O)(=O)N1CCC(Nc2ncc(Cl)c(NCCc3ccc(Cl)cc3)n2)CC1. The third kappa shape index (κ3) is 5.94. The minimum absolute atomic E-state index is 0.126. The summed E-state index contributed by atoms with van der Waals surface area (Å²) in [7, 11) is -3.13. The van der Waals surface area contributed by atoms with Crippen molar-refractivity contribution in [1.29, 1.82) is 0 Å². The smallest absolute Gasteiger partial charge is 0.224 e. The summed E-state index contributed by atoms with van der Waals surface area (Å²) in [5, 5.41) is 7.68. The standard InChI is InChI=1S/C18H23Cl2N5O2S/c1-28(26,27)25-10-7-15(8-11-25)23-18-22-12-16(20)17(24-18)21-9-6-13-2-4-14(19)5-3-13/h2-5,12,15H,6-11H2,1H3,(H2,21,22,23,24). The Labute approximate surface area is 175 Å². The molecule has 2 aromatic rings. The number of halogens is 2. The van der Waals surface area contributed by atoms with E-state index in [4.69, 9.17) is 23.2 Å². The van der Waals surface area contributed by atoms with E-state index in [0.717, 1.165) is 12.0 Å². The zero-order valence-corrected chi connectivity index (χ0v) is 17.9. The molecule has 3 rings (SSSR count). The number of nitrogens with one attached hydrogen (secondary N) is 2. The van der Waals surface area contributed by atoms with E-state index >= 15 is 0 Å². The fourth-order valence-corrected chi connectivity index (χ4v) is 4.21. The molecule has 1 aromatic carbocycles. The van der Waals surface area contributed by atoms with Gasteiger partial charge in [-0.1, -0.05) is 35.3 Å². The number of rotatable bonds is 7. The number of hydrogen-bond donors (Lipinski definition) is 2. The van der Waals surface area contributed by atoms with Gasteiger partial charge in [0, 0.05) is 30.7 Å². The van der Waals surface area contributed by atoms with Gasteiger partial charge in [-0.15, -0.1) is 0 Å². The average Bonchev–Trinajstić information content (AvgIpc) is 2.65. The molecule has 0 unspecified atom stereocenters. The number of nitrogens with zero attached hydrogens (tertiary/aromatic N) is 3. The number of piperidine rings is 1. The van der Waals surface area contributed by atoms with Crippen molar-refractivity contribution in [2.24, 2.45) is 0 Å². The number of anilines is 2. The van der Waals surface area contributed by atoms with Crippen molar-refractivity contribution in [1.82, 2.24) is 14.3 Å². The third-order valence-corrected chi connectivity index (χ3v) is 6.45. The molecule has 0 atom stereocenters. The highest BCUT2D eigenvalue weighted by atomic mass is 35.5. The molecule has 1 saturated heterocycles. The lowest BCUT2D eigenvalue weighted by Crippen LogP contribution is -2.42. The number of sulfonamides is 1. The Bertz CT molecular complexity index is 901. The van der Waals surface area contributed by atoms with Gasteiger partial charge in [0.2, 0.25) is 16.0 Å². The zero-order valence-electron chi connectivity index (χ0n) is 15.5. The van der Waals surface area contributed by atoms with Crippen LogP contribution >= 0.6 is 23.2 Å². The predicted molar refractivity (Wildman–Crippen MR) is 114 cm³/mol. The molecule has 2 N–H and O–H groups in total. The van der Waals surface area contributed by atoms with Crippen molar-refractivity contribution >= 4 is 45.0 Å². The van der Waals surface area contributed by atoms with E-state index in [-0.39, 0.29) is 6.04 Å². The molecule has 0 spiro atoms. The Balaban J connectivity index is 1.54. The Kier molecular flexibility index (Phi) is 6.98. The summed E-state index contributed by atoms with van der Waals surface area (Å²) >= 11 is 12.1. The van der Waals surface area contributed by atoms with Gasteiger partial charge in [-0.2, -0.15) is 4.98 Å². The average molecular weight is 444 g/mol. The van der Waals surface area contributed by atoms with Crippen LogP contribution in [0.15, 0.2) is 30.5 Å². The Morgan fingerprint density at radius 1 is 1.18 bits per heavy atom. The quantitative estimate of drug-likeness (QED) is 0.682. The van der Waals surface area contributed by atoms with E-state index in [1.165, 1.54) is 10.6 Å². The summed E-state index contributed by atoms with van der Waals surface area (Å²) in [5.41, 5.74) is 1.16. The molecule has 10 heteroatoms. The van der Waals surface area contributed by atoms with Gasteiger partial charge in [0.15, 0.2) is 0 Å². The highest BCUT2D eigenvalue weighted by Crippen LogP contribution is 2.22. The molecule has 0 aliphatic carbocycles. The second-order valence-electron chi connectivity index (χ2n) is 6.77. The summed E-state index contributed by atoms with van der Waals surface area (Å²) in [6.45, 7) is 1.66. The van der Waals surface area contributed by atoms with Crippen LogP contribution in [0.2, 0.25) is 10.0 Å². The van der Waals surface area contributed by atoms with E-state index in [2.05, 4.69) is 20.6 Å². The first-order valence-electron chi connectivity index (χ1n) is 9.04. The van der Waals surface area contributed by atoms with Crippen LogP contribution in [-0.4, -0.2) is 54.6 Å². The van der Waals surface area contributed by atoms with Gasteiger partial charge >= 0.3 is 0 Å². The van der Waals surface area contributed by atoms with Crippen molar-refractivity contribution in [2.45, 2.75) is 25.3 Å². The number of benzene rings is 1. The second kappa shape index (κ2) is 9.26. The van der Waals surface area contributed by atoms with Gasteiger partial charge < -0.3 is 10.6 Å². The minimum Gasteiger partial charge on any atom is -0.368 e. The van der Waals surface area contributed by atoms with Gasteiger partial charge in [0.25, 0.3) is 0 Å². The summed E-state index contributed by atoms with van der Waals surface area (Å²) in [6, 6.07) is 7.83. The molecule has 1 aromatic heterocycles. The van der Waals surface area contributed by atoms with Gasteiger partial charge in [-0.25, -0.2) is 17.7 Å². The molecular formula is C18H23Cl2N5O2S. The molecule has 0 amide bonds. The normalized spacial score (nSPS) is 16.1. The van der Waals surface area contributed by atoms with E-state index in [1.54, 1.807) is 6.20 Å². The van der Waals surface area contributed by atoms with Crippen LogP contribution in [0.3, 0.4) is 0 Å². The third-order valence-electron chi connectivity index (χ3n) is 4.62. The van der Waals surface area contributed by atoms with Crippen molar-refractivity contribution in [3.8, 4) is 0 Å². The topological polar surface area (TPSA) is 87.2 Å². The number of hydrogen-bond acceptors (Lipinski definition) is 6. The molecule has 1 fully saturated rings. The fraction of sp³-hybridized carbons (Fsp3) is 0.444. The monoisotopic (exact) mass is 443 g/mol. The number of aromatic nitrogens is 2. The van der Waals surface area contributed by atoms with Crippen LogP contribution in [0, 0.1) is 0 Å². The fourth-order valence-electron chi connectivity index (χ4n) is 3.05. The molecule has 0 radical (unpaired) electrons. The van der Waals surface area contributed by atoms with Crippen LogP contribution in [0.5, 0.6) is 0 Å². The van der Waals surface area contributed by atoms with Crippen LogP contribution in [-0.2, 0) is 16.4 Å². The Morgan fingerprint density at radius 2 is 1.86 bits per heavy atom. The second-order valence-corrected chi connectivity index (χ2v) is 9.60. The molecule has 1 aliphatic rings. The van der Waals surface area contributed by atoms with Gasteiger partial charge in [-0.05, 0) is 37.0 Å². The summed E-state index contributed by atoms with van der Waals surface area (Å²) in [5.74, 6) is 1.05. The molecule has 152 valence electrons. The predicted octanol–water partition coefficient (Wildman–Crippen LogP) is 3.27. The Hall–Kier alpha value is -1.61. The molecule has 28 heavy (non-hydrogen) atoms. The molecule has 1 aliphatic heterocycles. The molecular weight excluding hydrogens is 421 g/mol. The van der Waals surface area contributed by atoms with E-state index < -0.39 is 10.0 Å². The van der Waals surface area contributed by atoms with Crippen molar-refractivity contribution in [3.05, 3.63) is 46.1 Å². The van der Waals surface area contributed by atoms with E-state index in [9.17, 15) is 8.42 Å². The highest BCUT2D eigenvalue weighted by Gasteiger charge is 2.25. The van der Waals surface area contributed by atoms with E-state index in [0.29, 0.717) is 54.3 Å². The van der Waals surface area contributed by atoms with Crippen LogP contribution < -0.4 is 10.6 Å². The van der Waals surface area contributed by atoms with Crippen LogP contribution in [0.4, 0.5) is 11.8 Å². The Morgan fingerprint density at radius 3 is 2.50 bits per heavy atom. The lowest BCUT2D eigenvalue weighted by atomic mass is 10.1. The molecule has 0 bridgehead atoms. The summed E-state index contributed by atoms with van der Waals surface area (Å²) in [6.07, 6.45) is 5.03. The van der Waals surface area contributed by atoms with E-state index in [1.807, 2.05) is 24.3 Å². The first-order valence-corrected chi connectivity index (χ1v) is 11.6. The van der Waals surface area contributed by atoms with Crippen molar-refractivity contribution in [3.63, 3.8) is 0 Å². The van der Waals surface area contributed by atoms with Crippen LogP contribution in [0.1, 0.15) is 18.4 Å². The molecule has 2 heterocycles. The van der Waals surface area contributed by atoms with Crippen LogP contribution in [0.25, 0.3) is 0 Å². The molecule has 0 saturated carbocycles. The summed E-state index contributed by atoms with van der Waals surface area (Å²) < 4.78 is 24.7. The first kappa shape index (κ1) is 21.1. The van der Waals surface area contributed by atoms with Crippen molar-refractivity contribution < 1.29 is 8.42 Å². The summed E-state index contributed by atoms with van der Waals surface area (Å²) in [4.78, 5) is 8.70. The van der Waals surface area contributed by atoms with Crippen molar-refractivity contribution in [2.75, 3.05) is 36.5 Å². The zero-order chi connectivity index (χ0) is 20.1. The van der Waals surface area contributed by atoms with Gasteiger partial charge in [-0.3, -0.25) is 0 Å².